The Morgan fingerprint density at radius 2 is 2.24 bits per heavy atom. The van der Waals surface area contributed by atoms with Crippen molar-refractivity contribution in [3.63, 3.8) is 0 Å². The molecule has 1 aromatic carbocycles. The summed E-state index contributed by atoms with van der Waals surface area (Å²) in [6, 6.07) is 7.80. The molecule has 0 spiro atoms. The minimum Gasteiger partial charge on any atom is -0.497 e. The minimum absolute atomic E-state index is 0.0962. The van der Waals surface area contributed by atoms with E-state index >= 15 is 0 Å². The molecule has 0 saturated carbocycles. The predicted octanol–water partition coefficient (Wildman–Crippen LogP) is 2.29. The van der Waals surface area contributed by atoms with Gasteiger partial charge in [0, 0.05) is 24.0 Å². The van der Waals surface area contributed by atoms with Crippen LogP contribution in [0.2, 0.25) is 0 Å². The van der Waals surface area contributed by atoms with Gasteiger partial charge in [0.25, 0.3) is 0 Å². The van der Waals surface area contributed by atoms with E-state index in [4.69, 9.17) is 9.47 Å². The first kappa shape index (κ1) is 13.7. The number of carbonyl (C=O) groups is 1. The van der Waals surface area contributed by atoms with Gasteiger partial charge in [0.15, 0.2) is 0 Å². The van der Waals surface area contributed by atoms with Crippen molar-refractivity contribution < 1.29 is 14.3 Å². The van der Waals surface area contributed by atoms with E-state index in [2.05, 4.69) is 9.55 Å². The Morgan fingerprint density at radius 1 is 1.38 bits per heavy atom. The maximum Gasteiger partial charge on any atom is 0.310 e. The number of imidazole rings is 1. The van der Waals surface area contributed by atoms with Gasteiger partial charge < -0.3 is 14.0 Å². The Hall–Kier alpha value is -2.30. The standard InChI is InChI=1S/C16H18N2O3/c1-20-14-5-3-4-11(8-14)15-17-9-13-7-6-12(10-18(13)15)16(19)21-2/h3-5,8-9,12H,6-7,10H2,1-2H3. The van der Waals surface area contributed by atoms with Crippen molar-refractivity contribution in [3.8, 4) is 17.1 Å². The molecule has 2 heterocycles. The summed E-state index contributed by atoms with van der Waals surface area (Å²) in [6.45, 7) is 0.620. The van der Waals surface area contributed by atoms with Gasteiger partial charge in [0.2, 0.25) is 0 Å². The predicted molar refractivity (Wildman–Crippen MR) is 78.0 cm³/mol. The normalized spacial score (nSPS) is 17.1. The number of methoxy groups -OCH3 is 2. The van der Waals surface area contributed by atoms with E-state index in [1.807, 2.05) is 30.5 Å². The summed E-state index contributed by atoms with van der Waals surface area (Å²) in [5.74, 6) is 1.43. The lowest BCUT2D eigenvalue weighted by molar-refractivity contribution is -0.146. The first-order valence-electron chi connectivity index (χ1n) is 6.99. The maximum absolute atomic E-state index is 11.8. The van der Waals surface area contributed by atoms with Gasteiger partial charge in [-0.3, -0.25) is 4.79 Å². The third kappa shape index (κ3) is 2.51. The lowest BCUT2D eigenvalue weighted by Gasteiger charge is -2.23. The number of nitrogens with zero attached hydrogens (tertiary/aromatic N) is 2. The average Bonchev–Trinajstić information content (AvgIpc) is 2.97. The topological polar surface area (TPSA) is 53.4 Å². The maximum atomic E-state index is 11.8. The van der Waals surface area contributed by atoms with Crippen LogP contribution < -0.4 is 4.74 Å². The highest BCUT2D eigenvalue weighted by Gasteiger charge is 2.27. The minimum atomic E-state index is -0.147. The van der Waals surface area contributed by atoms with Crippen LogP contribution in [0.4, 0.5) is 0 Å². The summed E-state index contributed by atoms with van der Waals surface area (Å²) in [5.41, 5.74) is 2.15. The number of fused-ring (bicyclic) bond motifs is 1. The number of esters is 1. The molecule has 110 valence electrons. The zero-order valence-corrected chi connectivity index (χ0v) is 12.2. The lowest BCUT2D eigenvalue weighted by atomic mass is 9.98. The third-order valence-electron chi connectivity index (χ3n) is 3.95. The van der Waals surface area contributed by atoms with Crippen LogP contribution >= 0.6 is 0 Å². The number of hydrogen-bond acceptors (Lipinski definition) is 4. The number of carbonyl (C=O) groups excluding carboxylic acids is 1. The zero-order chi connectivity index (χ0) is 14.8. The Labute approximate surface area is 123 Å². The first-order valence-corrected chi connectivity index (χ1v) is 6.99. The van der Waals surface area contributed by atoms with E-state index in [0.717, 1.165) is 35.7 Å². The fraction of sp³-hybridized carbons (Fsp3) is 0.375. The highest BCUT2D eigenvalue weighted by molar-refractivity contribution is 5.72. The summed E-state index contributed by atoms with van der Waals surface area (Å²) in [4.78, 5) is 16.3. The second kappa shape index (κ2) is 5.60. The summed E-state index contributed by atoms with van der Waals surface area (Å²) in [5, 5.41) is 0. The van der Waals surface area contributed by atoms with Gasteiger partial charge in [-0.15, -0.1) is 0 Å². The summed E-state index contributed by atoms with van der Waals surface area (Å²) in [6.07, 6.45) is 3.55. The van der Waals surface area contributed by atoms with Gasteiger partial charge in [0.05, 0.1) is 20.1 Å². The van der Waals surface area contributed by atoms with Gasteiger partial charge in [-0.1, -0.05) is 12.1 Å². The van der Waals surface area contributed by atoms with Crippen molar-refractivity contribution in [3.05, 3.63) is 36.2 Å². The monoisotopic (exact) mass is 286 g/mol. The van der Waals surface area contributed by atoms with Crippen molar-refractivity contribution in [2.45, 2.75) is 19.4 Å². The van der Waals surface area contributed by atoms with Crippen LogP contribution in [-0.2, 0) is 22.5 Å². The highest BCUT2D eigenvalue weighted by Crippen LogP contribution is 2.29. The summed E-state index contributed by atoms with van der Waals surface area (Å²) < 4.78 is 12.2. The smallest absolute Gasteiger partial charge is 0.310 e. The molecular formula is C16H18N2O3. The molecule has 1 aliphatic heterocycles. The molecule has 5 nitrogen and oxygen atoms in total. The molecule has 0 aliphatic carbocycles. The van der Waals surface area contributed by atoms with Crippen LogP contribution in [0, 0.1) is 5.92 Å². The van der Waals surface area contributed by atoms with Gasteiger partial charge in [-0.05, 0) is 25.0 Å². The third-order valence-corrected chi connectivity index (χ3v) is 3.95. The lowest BCUT2D eigenvalue weighted by Crippen LogP contribution is -2.27. The van der Waals surface area contributed by atoms with Crippen LogP contribution in [0.25, 0.3) is 11.4 Å². The Bertz CT molecular complexity index is 663. The van der Waals surface area contributed by atoms with Crippen LogP contribution in [0.1, 0.15) is 12.1 Å². The van der Waals surface area contributed by atoms with Gasteiger partial charge in [-0.25, -0.2) is 4.98 Å². The van der Waals surface area contributed by atoms with E-state index in [-0.39, 0.29) is 11.9 Å². The molecule has 1 atom stereocenters. The average molecular weight is 286 g/mol. The SMILES string of the molecule is COC(=O)C1CCc2cnc(-c3cccc(OC)c3)n2C1. The molecule has 1 aliphatic rings. The van der Waals surface area contributed by atoms with Crippen LogP contribution in [0.3, 0.4) is 0 Å². The number of rotatable bonds is 3. The van der Waals surface area contributed by atoms with Crippen LogP contribution in [0.5, 0.6) is 5.75 Å². The highest BCUT2D eigenvalue weighted by atomic mass is 16.5. The van der Waals surface area contributed by atoms with E-state index in [0.29, 0.717) is 6.54 Å². The van der Waals surface area contributed by atoms with Crippen molar-refractivity contribution >= 4 is 5.97 Å². The molecule has 0 N–H and O–H groups in total. The Morgan fingerprint density at radius 3 is 3.00 bits per heavy atom. The fourth-order valence-electron chi connectivity index (χ4n) is 2.80. The number of ether oxygens (including phenoxy) is 2. The Balaban J connectivity index is 1.95. The number of benzene rings is 1. The quantitative estimate of drug-likeness (QED) is 0.812. The molecular weight excluding hydrogens is 268 g/mol. The number of aryl methyl sites for hydroxylation is 1. The molecule has 0 fully saturated rings. The van der Waals surface area contributed by atoms with Gasteiger partial charge >= 0.3 is 5.97 Å². The molecule has 2 aromatic rings. The van der Waals surface area contributed by atoms with Crippen molar-refractivity contribution in [2.24, 2.45) is 5.92 Å². The fourth-order valence-corrected chi connectivity index (χ4v) is 2.80. The zero-order valence-electron chi connectivity index (χ0n) is 12.2. The largest absolute Gasteiger partial charge is 0.497 e. The van der Waals surface area contributed by atoms with Crippen molar-refractivity contribution in [1.29, 1.82) is 0 Å². The second-order valence-corrected chi connectivity index (χ2v) is 5.17. The van der Waals surface area contributed by atoms with E-state index in [1.165, 1.54) is 7.11 Å². The molecule has 3 rings (SSSR count). The van der Waals surface area contributed by atoms with Gasteiger partial charge in [-0.2, -0.15) is 0 Å². The van der Waals surface area contributed by atoms with Gasteiger partial charge in [0.1, 0.15) is 11.6 Å². The Kier molecular flexibility index (Phi) is 3.64. The molecule has 1 unspecified atom stereocenters. The molecule has 21 heavy (non-hydrogen) atoms. The molecule has 0 radical (unpaired) electrons. The summed E-state index contributed by atoms with van der Waals surface area (Å²) >= 11 is 0. The number of hydrogen-bond donors (Lipinski definition) is 0. The molecule has 5 heteroatoms. The summed E-state index contributed by atoms with van der Waals surface area (Å²) in [7, 11) is 3.09. The number of aromatic nitrogens is 2. The van der Waals surface area contributed by atoms with Crippen molar-refractivity contribution in [1.82, 2.24) is 9.55 Å². The van der Waals surface area contributed by atoms with E-state index in [9.17, 15) is 4.79 Å². The van der Waals surface area contributed by atoms with E-state index in [1.54, 1.807) is 7.11 Å². The molecule has 1 aromatic heterocycles. The van der Waals surface area contributed by atoms with E-state index < -0.39 is 0 Å². The molecule has 0 amide bonds. The second-order valence-electron chi connectivity index (χ2n) is 5.17. The first-order chi connectivity index (χ1) is 10.2. The van der Waals surface area contributed by atoms with Crippen molar-refractivity contribution in [2.75, 3.05) is 14.2 Å². The van der Waals surface area contributed by atoms with Crippen LogP contribution in [0.15, 0.2) is 30.5 Å². The molecule has 0 bridgehead atoms. The molecule has 0 saturated heterocycles. The van der Waals surface area contributed by atoms with Crippen LogP contribution in [-0.4, -0.2) is 29.7 Å².